The van der Waals surface area contributed by atoms with Crippen molar-refractivity contribution in [2.45, 2.75) is 32.4 Å². The number of rotatable bonds is 7. The molecule has 0 bridgehead atoms. The summed E-state index contributed by atoms with van der Waals surface area (Å²) in [5.41, 5.74) is 1.99. The number of furan rings is 1. The molecule has 1 atom stereocenters. The van der Waals surface area contributed by atoms with Crippen molar-refractivity contribution >= 4 is 11.8 Å². The molecule has 1 aliphatic heterocycles. The Kier molecular flexibility index (Phi) is 5.95. The third kappa shape index (κ3) is 4.86. The first-order valence-corrected chi connectivity index (χ1v) is 10.1. The third-order valence-electron chi connectivity index (χ3n) is 5.23. The van der Waals surface area contributed by atoms with Gasteiger partial charge in [0.15, 0.2) is 0 Å². The Morgan fingerprint density at radius 3 is 2.69 bits per heavy atom. The first kappa shape index (κ1) is 19.3. The van der Waals surface area contributed by atoms with Gasteiger partial charge in [0, 0.05) is 12.6 Å². The minimum Gasteiger partial charge on any atom is -0.468 e. The molecule has 0 saturated carbocycles. The Morgan fingerprint density at radius 1 is 1.17 bits per heavy atom. The molecule has 7 heteroatoms. The van der Waals surface area contributed by atoms with Crippen LogP contribution in [0, 0.1) is 6.92 Å². The number of aryl methyl sites for hydroxylation is 1. The molecule has 0 aliphatic carbocycles. The molecule has 152 valence electrons. The van der Waals surface area contributed by atoms with Gasteiger partial charge in [-0.1, -0.05) is 30.3 Å². The molecular formula is C22H27N5O2. The second-order valence-corrected chi connectivity index (χ2v) is 7.42. The maximum atomic E-state index is 12.6. The van der Waals surface area contributed by atoms with Gasteiger partial charge in [-0.05, 0) is 50.6 Å². The fourth-order valence-corrected chi connectivity index (χ4v) is 3.82. The van der Waals surface area contributed by atoms with Gasteiger partial charge < -0.3 is 9.73 Å². The largest absolute Gasteiger partial charge is 0.468 e. The number of amides is 2. The van der Waals surface area contributed by atoms with Crippen molar-refractivity contribution in [1.29, 1.82) is 0 Å². The molecule has 0 radical (unpaired) electrons. The fraction of sp³-hybridized carbons (Fsp3) is 0.364. The van der Waals surface area contributed by atoms with Crippen molar-refractivity contribution in [2.75, 3.05) is 25.0 Å². The highest BCUT2D eigenvalue weighted by Gasteiger charge is 2.26. The van der Waals surface area contributed by atoms with E-state index in [1.807, 2.05) is 60.1 Å². The molecule has 29 heavy (non-hydrogen) atoms. The maximum absolute atomic E-state index is 12.6. The highest BCUT2D eigenvalue weighted by molar-refractivity contribution is 5.88. The van der Waals surface area contributed by atoms with Crippen molar-refractivity contribution in [3.63, 3.8) is 0 Å². The smallest absolute Gasteiger partial charge is 0.320 e. The standard InChI is InChI=1S/C22H27N5O2/c1-17-14-21(27(25-17)16-18-8-3-2-4-9-18)24-22(28)23-15-19(20-10-7-13-29-20)26-11-5-6-12-26/h2-4,7-10,13-14,19H,5-6,11-12,15-16H2,1H3,(H2,23,24,28)/t19-/m1/s1. The number of urea groups is 1. The predicted molar refractivity (Wildman–Crippen MR) is 112 cm³/mol. The minimum atomic E-state index is -0.241. The van der Waals surface area contributed by atoms with E-state index in [-0.39, 0.29) is 12.1 Å². The van der Waals surface area contributed by atoms with Crippen LogP contribution in [0.25, 0.3) is 0 Å². The molecule has 2 amide bonds. The summed E-state index contributed by atoms with van der Waals surface area (Å²) in [7, 11) is 0. The van der Waals surface area contributed by atoms with Crippen LogP contribution in [0.15, 0.2) is 59.2 Å². The second kappa shape index (κ2) is 8.96. The Morgan fingerprint density at radius 2 is 1.97 bits per heavy atom. The van der Waals surface area contributed by atoms with E-state index in [1.54, 1.807) is 6.26 Å². The molecule has 3 aromatic rings. The highest BCUT2D eigenvalue weighted by Crippen LogP contribution is 2.25. The number of anilines is 1. The Bertz CT molecular complexity index is 914. The number of nitrogens with one attached hydrogen (secondary N) is 2. The SMILES string of the molecule is Cc1cc(NC(=O)NC[C@H](c2ccco2)N2CCCC2)n(Cc2ccccc2)n1. The van der Waals surface area contributed by atoms with Crippen LogP contribution in [-0.2, 0) is 6.54 Å². The lowest BCUT2D eigenvalue weighted by Gasteiger charge is -2.26. The first-order valence-electron chi connectivity index (χ1n) is 10.1. The van der Waals surface area contributed by atoms with Crippen LogP contribution in [0.5, 0.6) is 0 Å². The summed E-state index contributed by atoms with van der Waals surface area (Å²) in [5, 5.41) is 10.5. The summed E-state index contributed by atoms with van der Waals surface area (Å²) in [6.07, 6.45) is 4.05. The number of hydrogen-bond donors (Lipinski definition) is 2. The van der Waals surface area contributed by atoms with Gasteiger partial charge in [0.2, 0.25) is 0 Å². The predicted octanol–water partition coefficient (Wildman–Crippen LogP) is 3.79. The Balaban J connectivity index is 1.39. The summed E-state index contributed by atoms with van der Waals surface area (Å²) in [6.45, 7) is 5.07. The van der Waals surface area contributed by atoms with Gasteiger partial charge in [-0.2, -0.15) is 5.10 Å². The molecule has 1 aromatic carbocycles. The molecule has 3 heterocycles. The third-order valence-corrected chi connectivity index (χ3v) is 5.23. The topological polar surface area (TPSA) is 75.3 Å². The van der Waals surface area contributed by atoms with E-state index in [9.17, 15) is 4.79 Å². The minimum absolute atomic E-state index is 0.0502. The molecule has 0 spiro atoms. The van der Waals surface area contributed by atoms with Crippen molar-refractivity contribution in [3.8, 4) is 0 Å². The summed E-state index contributed by atoms with van der Waals surface area (Å²) in [5.74, 6) is 1.57. The van der Waals surface area contributed by atoms with E-state index < -0.39 is 0 Å². The Labute approximate surface area is 170 Å². The summed E-state index contributed by atoms with van der Waals surface area (Å²) >= 11 is 0. The summed E-state index contributed by atoms with van der Waals surface area (Å²) < 4.78 is 7.43. The van der Waals surface area contributed by atoms with Crippen LogP contribution in [0.1, 0.15) is 35.9 Å². The molecule has 2 N–H and O–H groups in total. The zero-order valence-corrected chi connectivity index (χ0v) is 16.7. The molecule has 7 nitrogen and oxygen atoms in total. The van der Waals surface area contributed by atoms with Crippen molar-refractivity contribution in [3.05, 3.63) is 71.8 Å². The first-order chi connectivity index (χ1) is 14.2. The fourth-order valence-electron chi connectivity index (χ4n) is 3.82. The van der Waals surface area contributed by atoms with Crippen molar-refractivity contribution in [1.82, 2.24) is 20.0 Å². The normalized spacial score (nSPS) is 15.3. The molecule has 1 aliphatic rings. The Hall–Kier alpha value is -3.06. The van der Waals surface area contributed by atoms with Gasteiger partial charge in [0.1, 0.15) is 11.6 Å². The average molecular weight is 393 g/mol. The van der Waals surface area contributed by atoms with E-state index in [0.717, 1.165) is 30.1 Å². The maximum Gasteiger partial charge on any atom is 0.320 e. The number of benzene rings is 1. The van der Waals surface area contributed by atoms with Crippen molar-refractivity contribution in [2.24, 2.45) is 0 Å². The zero-order chi connectivity index (χ0) is 20.1. The van der Waals surface area contributed by atoms with E-state index in [1.165, 1.54) is 12.8 Å². The number of hydrogen-bond acceptors (Lipinski definition) is 4. The molecule has 0 unspecified atom stereocenters. The van der Waals surface area contributed by atoms with Gasteiger partial charge in [-0.15, -0.1) is 0 Å². The van der Waals surface area contributed by atoms with Gasteiger partial charge in [0.05, 0.1) is 24.5 Å². The van der Waals surface area contributed by atoms with Crippen LogP contribution < -0.4 is 10.6 Å². The van der Waals surface area contributed by atoms with Crippen molar-refractivity contribution < 1.29 is 9.21 Å². The molecule has 2 aromatic heterocycles. The zero-order valence-electron chi connectivity index (χ0n) is 16.7. The lowest BCUT2D eigenvalue weighted by Crippen LogP contribution is -2.38. The van der Waals surface area contributed by atoms with Gasteiger partial charge in [-0.3, -0.25) is 10.2 Å². The van der Waals surface area contributed by atoms with Crippen LogP contribution in [-0.4, -0.2) is 40.3 Å². The monoisotopic (exact) mass is 393 g/mol. The summed E-state index contributed by atoms with van der Waals surface area (Å²) in [6, 6.07) is 15.6. The quantitative estimate of drug-likeness (QED) is 0.640. The number of likely N-dealkylation sites (tertiary alicyclic amines) is 1. The van der Waals surface area contributed by atoms with E-state index in [2.05, 4.69) is 20.6 Å². The second-order valence-electron chi connectivity index (χ2n) is 7.42. The van der Waals surface area contributed by atoms with E-state index >= 15 is 0 Å². The number of aromatic nitrogens is 2. The molecule has 4 rings (SSSR count). The number of carbonyl (C=O) groups is 1. The number of carbonyl (C=O) groups excluding carboxylic acids is 1. The highest BCUT2D eigenvalue weighted by atomic mass is 16.3. The molecule has 1 saturated heterocycles. The molecule has 1 fully saturated rings. The molecular weight excluding hydrogens is 366 g/mol. The van der Waals surface area contributed by atoms with Crippen LogP contribution in [0.2, 0.25) is 0 Å². The van der Waals surface area contributed by atoms with Crippen LogP contribution >= 0.6 is 0 Å². The van der Waals surface area contributed by atoms with E-state index in [4.69, 9.17) is 4.42 Å². The summed E-state index contributed by atoms with van der Waals surface area (Å²) in [4.78, 5) is 15.0. The van der Waals surface area contributed by atoms with Crippen LogP contribution in [0.3, 0.4) is 0 Å². The van der Waals surface area contributed by atoms with Gasteiger partial charge in [0.25, 0.3) is 0 Å². The van der Waals surface area contributed by atoms with Gasteiger partial charge in [-0.25, -0.2) is 9.48 Å². The van der Waals surface area contributed by atoms with Gasteiger partial charge >= 0.3 is 6.03 Å². The number of nitrogens with zero attached hydrogens (tertiary/aromatic N) is 3. The lowest BCUT2D eigenvalue weighted by atomic mass is 10.2. The lowest BCUT2D eigenvalue weighted by molar-refractivity contribution is 0.206. The average Bonchev–Trinajstić information content (AvgIpc) is 3.47. The van der Waals surface area contributed by atoms with E-state index in [0.29, 0.717) is 18.9 Å². The van der Waals surface area contributed by atoms with Crippen LogP contribution in [0.4, 0.5) is 10.6 Å².